The van der Waals surface area contributed by atoms with E-state index in [1.165, 1.54) is 18.2 Å². The first kappa shape index (κ1) is 13.1. The lowest BCUT2D eigenvalue weighted by Gasteiger charge is -2.07. The maximum absolute atomic E-state index is 13.8. The van der Waals surface area contributed by atoms with E-state index in [1.54, 1.807) is 38.4 Å². The fourth-order valence-electron chi connectivity index (χ4n) is 1.80. The van der Waals surface area contributed by atoms with E-state index >= 15 is 0 Å². The van der Waals surface area contributed by atoms with Crippen LogP contribution in [0.4, 0.5) is 4.39 Å². The first-order valence-corrected chi connectivity index (χ1v) is 5.81. The maximum Gasteiger partial charge on any atom is 0.251 e. The molecule has 1 amide bonds. The Balaban J connectivity index is 2.44. The molecule has 0 bridgehead atoms. The minimum absolute atomic E-state index is 0.241. The van der Waals surface area contributed by atoms with Gasteiger partial charge in [-0.05, 0) is 35.9 Å². The van der Waals surface area contributed by atoms with Crippen LogP contribution in [0.5, 0.6) is 5.75 Å². The van der Waals surface area contributed by atoms with Crippen molar-refractivity contribution in [2.75, 3.05) is 14.2 Å². The van der Waals surface area contributed by atoms with E-state index in [9.17, 15) is 9.18 Å². The average Bonchev–Trinajstić information content (AvgIpc) is 2.47. The molecule has 0 saturated carbocycles. The number of halogens is 1. The summed E-state index contributed by atoms with van der Waals surface area (Å²) in [6.45, 7) is 0. The lowest BCUT2D eigenvalue weighted by atomic mass is 10.0. The minimum atomic E-state index is -0.363. The smallest absolute Gasteiger partial charge is 0.251 e. The van der Waals surface area contributed by atoms with Crippen molar-refractivity contribution in [3.05, 3.63) is 53.8 Å². The quantitative estimate of drug-likeness (QED) is 0.920. The number of rotatable bonds is 3. The molecule has 4 heteroatoms. The Labute approximate surface area is 111 Å². The van der Waals surface area contributed by atoms with Gasteiger partial charge in [-0.25, -0.2) is 4.39 Å². The molecule has 98 valence electrons. The molecule has 0 saturated heterocycles. The van der Waals surface area contributed by atoms with Gasteiger partial charge in [0.25, 0.3) is 5.91 Å². The topological polar surface area (TPSA) is 38.3 Å². The number of amides is 1. The first-order valence-electron chi connectivity index (χ1n) is 5.81. The average molecular weight is 259 g/mol. The zero-order chi connectivity index (χ0) is 13.8. The van der Waals surface area contributed by atoms with Gasteiger partial charge in [-0.1, -0.05) is 12.1 Å². The van der Waals surface area contributed by atoms with Gasteiger partial charge in [0.05, 0.1) is 7.11 Å². The fraction of sp³-hybridized carbons (Fsp3) is 0.133. The van der Waals surface area contributed by atoms with Crippen LogP contribution in [-0.2, 0) is 0 Å². The summed E-state index contributed by atoms with van der Waals surface area (Å²) in [6, 6.07) is 11.3. The maximum atomic E-state index is 13.8. The molecule has 0 spiro atoms. The molecule has 0 atom stereocenters. The van der Waals surface area contributed by atoms with E-state index in [4.69, 9.17) is 4.74 Å². The van der Waals surface area contributed by atoms with Crippen LogP contribution in [0, 0.1) is 5.82 Å². The van der Waals surface area contributed by atoms with Gasteiger partial charge < -0.3 is 10.1 Å². The SMILES string of the molecule is CNC(=O)c1ccc(F)c(-c2ccc(OC)cc2)c1. The monoisotopic (exact) mass is 259 g/mol. The highest BCUT2D eigenvalue weighted by Gasteiger charge is 2.10. The van der Waals surface area contributed by atoms with Crippen LogP contribution in [0.25, 0.3) is 11.1 Å². The number of nitrogens with one attached hydrogen (secondary N) is 1. The highest BCUT2D eigenvalue weighted by atomic mass is 19.1. The Kier molecular flexibility index (Phi) is 3.80. The van der Waals surface area contributed by atoms with Gasteiger partial charge in [0.15, 0.2) is 0 Å². The molecule has 3 nitrogen and oxygen atoms in total. The summed E-state index contributed by atoms with van der Waals surface area (Å²) in [4.78, 5) is 11.6. The summed E-state index contributed by atoms with van der Waals surface area (Å²) in [7, 11) is 3.11. The second-order valence-electron chi connectivity index (χ2n) is 4.00. The third-order valence-corrected chi connectivity index (χ3v) is 2.86. The van der Waals surface area contributed by atoms with E-state index in [-0.39, 0.29) is 11.7 Å². The van der Waals surface area contributed by atoms with Crippen molar-refractivity contribution in [1.29, 1.82) is 0 Å². The molecule has 0 radical (unpaired) electrons. The van der Waals surface area contributed by atoms with Crippen LogP contribution in [-0.4, -0.2) is 20.1 Å². The summed E-state index contributed by atoms with van der Waals surface area (Å²) < 4.78 is 18.9. The fourth-order valence-corrected chi connectivity index (χ4v) is 1.80. The third kappa shape index (κ3) is 2.73. The normalized spacial score (nSPS) is 10.1. The number of hydrogen-bond donors (Lipinski definition) is 1. The molecule has 0 aliphatic heterocycles. The van der Waals surface area contributed by atoms with Crippen molar-refractivity contribution >= 4 is 5.91 Å². The molecule has 2 rings (SSSR count). The second-order valence-corrected chi connectivity index (χ2v) is 4.00. The molecule has 19 heavy (non-hydrogen) atoms. The molecular formula is C15H14FNO2. The zero-order valence-corrected chi connectivity index (χ0v) is 10.7. The zero-order valence-electron chi connectivity index (χ0n) is 10.7. The summed E-state index contributed by atoms with van der Waals surface area (Å²) in [5.41, 5.74) is 1.52. The first-order chi connectivity index (χ1) is 9.15. The molecule has 0 unspecified atom stereocenters. The number of carbonyl (C=O) groups is 1. The van der Waals surface area contributed by atoms with Gasteiger partial charge in [-0.2, -0.15) is 0 Å². The van der Waals surface area contributed by atoms with Crippen molar-refractivity contribution in [3.63, 3.8) is 0 Å². The van der Waals surface area contributed by atoms with Crippen molar-refractivity contribution < 1.29 is 13.9 Å². The van der Waals surface area contributed by atoms with E-state index in [0.717, 1.165) is 0 Å². The lowest BCUT2D eigenvalue weighted by Crippen LogP contribution is -2.17. The van der Waals surface area contributed by atoms with Crippen LogP contribution in [0.15, 0.2) is 42.5 Å². The van der Waals surface area contributed by atoms with E-state index in [0.29, 0.717) is 22.4 Å². The van der Waals surface area contributed by atoms with Crippen molar-refractivity contribution in [3.8, 4) is 16.9 Å². The van der Waals surface area contributed by atoms with Crippen molar-refractivity contribution in [2.45, 2.75) is 0 Å². The van der Waals surface area contributed by atoms with Gasteiger partial charge in [0.1, 0.15) is 11.6 Å². The molecule has 0 aliphatic rings. The number of ether oxygens (including phenoxy) is 1. The molecule has 0 fully saturated rings. The van der Waals surface area contributed by atoms with E-state index < -0.39 is 0 Å². The molecule has 2 aromatic rings. The van der Waals surface area contributed by atoms with Crippen LogP contribution >= 0.6 is 0 Å². The Morgan fingerprint density at radius 2 is 1.84 bits per heavy atom. The third-order valence-electron chi connectivity index (χ3n) is 2.86. The van der Waals surface area contributed by atoms with Gasteiger partial charge in [-0.15, -0.1) is 0 Å². The highest BCUT2D eigenvalue weighted by Crippen LogP contribution is 2.26. The number of hydrogen-bond acceptors (Lipinski definition) is 2. The lowest BCUT2D eigenvalue weighted by molar-refractivity contribution is 0.0963. The van der Waals surface area contributed by atoms with Crippen LogP contribution in [0.3, 0.4) is 0 Å². The Morgan fingerprint density at radius 3 is 2.42 bits per heavy atom. The van der Waals surface area contributed by atoms with Crippen LogP contribution < -0.4 is 10.1 Å². The summed E-state index contributed by atoms with van der Waals surface area (Å²) in [5.74, 6) is 0.0965. The van der Waals surface area contributed by atoms with Crippen molar-refractivity contribution in [2.24, 2.45) is 0 Å². The standard InChI is InChI=1S/C15H14FNO2/c1-17-15(18)11-5-8-14(16)13(9-11)10-3-6-12(19-2)7-4-10/h3-9H,1-2H3,(H,17,18). The van der Waals surface area contributed by atoms with E-state index in [1.807, 2.05) is 0 Å². The molecule has 0 heterocycles. The highest BCUT2D eigenvalue weighted by molar-refractivity contribution is 5.95. The Bertz CT molecular complexity index is 594. The van der Waals surface area contributed by atoms with Gasteiger partial charge in [0, 0.05) is 18.2 Å². The molecule has 2 aromatic carbocycles. The largest absolute Gasteiger partial charge is 0.497 e. The predicted octanol–water partition coefficient (Wildman–Crippen LogP) is 2.86. The van der Waals surface area contributed by atoms with Crippen LogP contribution in [0.2, 0.25) is 0 Å². The molecule has 0 aliphatic carbocycles. The van der Waals surface area contributed by atoms with Gasteiger partial charge in [-0.3, -0.25) is 4.79 Å². The number of methoxy groups -OCH3 is 1. The Hall–Kier alpha value is -2.36. The molecular weight excluding hydrogens is 245 g/mol. The number of carbonyl (C=O) groups excluding carboxylic acids is 1. The second kappa shape index (κ2) is 5.52. The summed E-state index contributed by atoms with van der Waals surface area (Å²) >= 11 is 0. The van der Waals surface area contributed by atoms with Gasteiger partial charge >= 0.3 is 0 Å². The minimum Gasteiger partial charge on any atom is -0.497 e. The van der Waals surface area contributed by atoms with Gasteiger partial charge in [0.2, 0.25) is 0 Å². The van der Waals surface area contributed by atoms with Crippen molar-refractivity contribution in [1.82, 2.24) is 5.32 Å². The Morgan fingerprint density at radius 1 is 1.16 bits per heavy atom. The summed E-state index contributed by atoms with van der Waals surface area (Å²) in [6.07, 6.45) is 0. The summed E-state index contributed by atoms with van der Waals surface area (Å²) in [5, 5.41) is 2.52. The van der Waals surface area contributed by atoms with E-state index in [2.05, 4.69) is 5.32 Å². The van der Waals surface area contributed by atoms with Crippen LogP contribution in [0.1, 0.15) is 10.4 Å². The number of benzene rings is 2. The molecule has 1 N–H and O–H groups in total. The molecule has 0 aromatic heterocycles. The predicted molar refractivity (Wildman–Crippen MR) is 71.8 cm³/mol.